The van der Waals surface area contributed by atoms with Crippen LogP contribution in [0.15, 0.2) is 30.3 Å². The van der Waals surface area contributed by atoms with Crippen LogP contribution >= 0.6 is 22.6 Å². The Hall–Kier alpha value is -2.00. The number of ether oxygens (including phenoxy) is 3. The Balaban J connectivity index is 1.58. The smallest absolute Gasteiger partial charge is 0.255 e. The summed E-state index contributed by atoms with van der Waals surface area (Å²) in [6.07, 6.45) is 0.953. The fourth-order valence-corrected chi connectivity index (χ4v) is 3.90. The quantitative estimate of drug-likeness (QED) is 0.593. The molecule has 1 aliphatic rings. The van der Waals surface area contributed by atoms with Crippen molar-refractivity contribution in [3.8, 4) is 17.2 Å². The zero-order valence-corrected chi connectivity index (χ0v) is 18.5. The van der Waals surface area contributed by atoms with Crippen molar-refractivity contribution in [2.75, 3.05) is 41.0 Å². The molecule has 1 heterocycles. The third-order valence-corrected chi connectivity index (χ3v) is 5.59. The lowest BCUT2D eigenvalue weighted by Crippen LogP contribution is -2.38. The molecule has 0 saturated carbocycles. The van der Waals surface area contributed by atoms with Crippen LogP contribution in [0.25, 0.3) is 0 Å². The Morgan fingerprint density at radius 1 is 1.04 bits per heavy atom. The maximum atomic E-state index is 12.5. The maximum Gasteiger partial charge on any atom is 0.255 e. The van der Waals surface area contributed by atoms with Gasteiger partial charge in [-0.2, -0.15) is 0 Å². The number of carbonyl (C=O) groups is 1. The monoisotopic (exact) mass is 500 g/mol. The Labute approximate surface area is 179 Å². The van der Waals surface area contributed by atoms with Crippen molar-refractivity contribution in [1.82, 2.24) is 10.2 Å². The average molecular weight is 500 g/mol. The molecule has 0 bridgehead atoms. The van der Waals surface area contributed by atoms with E-state index in [0.717, 1.165) is 41.1 Å². The van der Waals surface area contributed by atoms with Crippen LogP contribution in [0.1, 0.15) is 21.5 Å². The van der Waals surface area contributed by atoms with E-state index in [1.165, 1.54) is 11.1 Å². The zero-order chi connectivity index (χ0) is 20.1. The fourth-order valence-electron chi connectivity index (χ4n) is 3.41. The Morgan fingerprint density at radius 2 is 1.71 bits per heavy atom. The number of rotatable bonds is 7. The van der Waals surface area contributed by atoms with Gasteiger partial charge in [-0.3, -0.25) is 9.69 Å². The molecule has 0 aromatic heterocycles. The molecular formula is C21H25IN2O4. The van der Waals surface area contributed by atoms with Crippen LogP contribution in [0.2, 0.25) is 0 Å². The SMILES string of the molecule is COc1cc2c(cc1OC)CN(CCNC(=O)c1cc([131I])ccc1OC)CC2. The number of carbonyl (C=O) groups excluding carboxylic acids is 1. The van der Waals surface area contributed by atoms with E-state index in [4.69, 9.17) is 14.2 Å². The van der Waals surface area contributed by atoms with Gasteiger partial charge in [0.05, 0.1) is 26.9 Å². The minimum Gasteiger partial charge on any atom is -0.496 e. The molecule has 3 rings (SSSR count). The van der Waals surface area contributed by atoms with Gasteiger partial charge in [-0.1, -0.05) is 0 Å². The summed E-state index contributed by atoms with van der Waals surface area (Å²) in [7, 11) is 4.89. The Bertz CT molecular complexity index is 857. The number of nitrogens with zero attached hydrogens (tertiary/aromatic N) is 1. The molecule has 2 aromatic rings. The lowest BCUT2D eigenvalue weighted by atomic mass is 9.99. The van der Waals surface area contributed by atoms with E-state index in [0.29, 0.717) is 17.9 Å². The third-order valence-electron chi connectivity index (χ3n) is 4.92. The lowest BCUT2D eigenvalue weighted by molar-refractivity contribution is 0.0944. The van der Waals surface area contributed by atoms with E-state index in [1.807, 2.05) is 18.2 Å². The molecule has 6 nitrogen and oxygen atoms in total. The van der Waals surface area contributed by atoms with Gasteiger partial charge in [0.15, 0.2) is 11.5 Å². The third kappa shape index (κ3) is 4.70. The molecule has 0 atom stereocenters. The first-order valence-electron chi connectivity index (χ1n) is 9.13. The van der Waals surface area contributed by atoms with Crippen molar-refractivity contribution in [1.29, 1.82) is 0 Å². The maximum absolute atomic E-state index is 12.5. The number of methoxy groups -OCH3 is 3. The Morgan fingerprint density at radius 3 is 2.39 bits per heavy atom. The van der Waals surface area contributed by atoms with E-state index in [2.05, 4.69) is 44.9 Å². The minimum absolute atomic E-state index is 0.112. The van der Waals surface area contributed by atoms with Crippen LogP contribution in [-0.4, -0.2) is 51.8 Å². The van der Waals surface area contributed by atoms with Gasteiger partial charge >= 0.3 is 0 Å². The first-order valence-corrected chi connectivity index (χ1v) is 10.2. The number of nitrogens with one attached hydrogen (secondary N) is 1. The second-order valence-corrected chi connectivity index (χ2v) is 7.85. The number of benzene rings is 2. The van der Waals surface area contributed by atoms with Crippen LogP contribution in [0, 0.1) is 3.57 Å². The van der Waals surface area contributed by atoms with Gasteiger partial charge in [-0.05, 0) is 70.5 Å². The number of amides is 1. The molecule has 2 aromatic carbocycles. The highest BCUT2D eigenvalue weighted by molar-refractivity contribution is 14.1. The van der Waals surface area contributed by atoms with Crippen molar-refractivity contribution >= 4 is 28.5 Å². The number of hydrogen-bond donors (Lipinski definition) is 1. The molecule has 7 heteroatoms. The van der Waals surface area contributed by atoms with E-state index in [-0.39, 0.29) is 5.91 Å². The van der Waals surface area contributed by atoms with E-state index in [9.17, 15) is 4.79 Å². The summed E-state index contributed by atoms with van der Waals surface area (Å²) < 4.78 is 17.1. The summed E-state index contributed by atoms with van der Waals surface area (Å²) in [6, 6.07) is 9.70. The molecule has 0 spiro atoms. The standard InChI is InChI=1S/C21H25IN2O4/c1-26-18-5-4-16(22)12-17(18)21(25)23-7-9-24-8-6-14-10-19(27-2)20(28-3)11-15(14)13-24/h4-5,10-12H,6-9,13H2,1-3H3,(H,23,25)/i22+4. The van der Waals surface area contributed by atoms with Crippen molar-refractivity contribution in [3.05, 3.63) is 50.6 Å². The summed E-state index contributed by atoms with van der Waals surface area (Å²) in [6.45, 7) is 3.14. The molecule has 0 aliphatic carbocycles. The van der Waals surface area contributed by atoms with Crippen LogP contribution in [0.4, 0.5) is 0 Å². The van der Waals surface area contributed by atoms with Crippen molar-refractivity contribution < 1.29 is 19.0 Å². The summed E-state index contributed by atoms with van der Waals surface area (Å²) in [4.78, 5) is 14.9. The zero-order valence-electron chi connectivity index (χ0n) is 16.4. The summed E-state index contributed by atoms with van der Waals surface area (Å²) in [5, 5.41) is 3.00. The number of hydrogen-bond acceptors (Lipinski definition) is 5. The van der Waals surface area contributed by atoms with Gasteiger partial charge in [0.1, 0.15) is 5.75 Å². The van der Waals surface area contributed by atoms with Gasteiger partial charge in [0.2, 0.25) is 0 Å². The molecule has 0 unspecified atom stereocenters. The van der Waals surface area contributed by atoms with E-state index in [1.54, 1.807) is 21.3 Å². The molecule has 150 valence electrons. The van der Waals surface area contributed by atoms with Gasteiger partial charge in [0, 0.05) is 29.7 Å². The first kappa shape index (κ1) is 20.7. The minimum atomic E-state index is -0.112. The highest BCUT2D eigenvalue weighted by Gasteiger charge is 2.20. The fraction of sp³-hybridized carbons (Fsp3) is 0.381. The molecule has 1 amide bonds. The summed E-state index contributed by atoms with van der Waals surface area (Å²) in [5.41, 5.74) is 3.10. The first-order chi connectivity index (χ1) is 13.5. The van der Waals surface area contributed by atoms with Gasteiger partial charge < -0.3 is 19.5 Å². The highest BCUT2D eigenvalue weighted by Crippen LogP contribution is 2.33. The topological polar surface area (TPSA) is 60.0 Å². The molecule has 28 heavy (non-hydrogen) atoms. The predicted octanol–water partition coefficient (Wildman–Crippen LogP) is 3.11. The Kier molecular flexibility index (Phi) is 7.01. The van der Waals surface area contributed by atoms with Crippen LogP contribution in [-0.2, 0) is 13.0 Å². The second-order valence-electron chi connectivity index (χ2n) is 6.60. The van der Waals surface area contributed by atoms with E-state index < -0.39 is 0 Å². The van der Waals surface area contributed by atoms with Crippen molar-refractivity contribution in [2.45, 2.75) is 13.0 Å². The van der Waals surface area contributed by atoms with Crippen molar-refractivity contribution in [3.63, 3.8) is 0 Å². The average Bonchev–Trinajstić information content (AvgIpc) is 2.72. The van der Waals surface area contributed by atoms with Crippen LogP contribution in [0.5, 0.6) is 17.2 Å². The lowest BCUT2D eigenvalue weighted by Gasteiger charge is -2.29. The number of fused-ring (bicyclic) bond motifs is 1. The normalized spacial score (nSPS) is 13.6. The van der Waals surface area contributed by atoms with E-state index >= 15 is 0 Å². The highest BCUT2D eigenvalue weighted by atomic mass is 131. The largest absolute Gasteiger partial charge is 0.496 e. The van der Waals surface area contributed by atoms with Crippen LogP contribution in [0.3, 0.4) is 0 Å². The van der Waals surface area contributed by atoms with Gasteiger partial charge in [-0.25, -0.2) is 0 Å². The molecular weight excluding hydrogens is 475 g/mol. The van der Waals surface area contributed by atoms with Crippen molar-refractivity contribution in [2.24, 2.45) is 0 Å². The van der Waals surface area contributed by atoms with Gasteiger partial charge in [0.25, 0.3) is 5.91 Å². The summed E-state index contributed by atoms with van der Waals surface area (Å²) >= 11 is 2.19. The second kappa shape index (κ2) is 9.47. The van der Waals surface area contributed by atoms with Gasteiger partial charge in [-0.15, -0.1) is 0 Å². The van der Waals surface area contributed by atoms with Crippen LogP contribution < -0.4 is 19.5 Å². The predicted molar refractivity (Wildman–Crippen MR) is 117 cm³/mol. The molecule has 1 N–H and O–H groups in total. The summed E-state index contributed by atoms with van der Waals surface area (Å²) in [5.74, 6) is 2.00. The molecule has 0 radical (unpaired) electrons. The molecule has 0 saturated heterocycles. The molecule has 0 fully saturated rings. The number of halogens is 1. The molecule has 1 aliphatic heterocycles.